The van der Waals surface area contributed by atoms with Crippen LogP contribution in [0.15, 0.2) is 0 Å². The molecule has 14 nitrogen and oxygen atoms in total. The highest BCUT2D eigenvalue weighted by Gasteiger charge is 2.17. The Morgan fingerprint density at radius 2 is 0.600 bits per heavy atom. The van der Waals surface area contributed by atoms with E-state index in [1.165, 1.54) is 20.8 Å². The molecule has 0 saturated heterocycles. The van der Waals surface area contributed by atoms with Crippen LogP contribution < -0.4 is 11.5 Å². The van der Waals surface area contributed by atoms with Gasteiger partial charge in [-0.2, -0.15) is 0 Å². The maximum Gasteiger partial charge on any atom is 0.300 e. The van der Waals surface area contributed by atoms with Gasteiger partial charge in [-0.25, -0.2) is 4.90 Å². The van der Waals surface area contributed by atoms with Crippen LogP contribution in [0, 0.1) is 0 Å². The van der Waals surface area contributed by atoms with E-state index in [-0.39, 0.29) is 0 Å². The molecular formula is C16H33N3O11. The van der Waals surface area contributed by atoms with Crippen LogP contribution in [0.1, 0.15) is 48.5 Å². The van der Waals surface area contributed by atoms with E-state index < -0.39 is 41.6 Å². The third kappa shape index (κ3) is 149. The van der Waals surface area contributed by atoms with Gasteiger partial charge >= 0.3 is 0 Å². The van der Waals surface area contributed by atoms with E-state index in [1.807, 2.05) is 0 Å². The van der Waals surface area contributed by atoms with Crippen molar-refractivity contribution in [3.8, 4) is 0 Å². The summed E-state index contributed by atoms with van der Waals surface area (Å²) in [5.41, 5.74) is 9.81. The fourth-order valence-corrected chi connectivity index (χ4v) is 0.665. The van der Waals surface area contributed by atoms with Gasteiger partial charge in [0.05, 0.1) is 0 Å². The van der Waals surface area contributed by atoms with E-state index in [2.05, 4.69) is 0 Å². The summed E-state index contributed by atoms with van der Waals surface area (Å²) in [5.74, 6) is -4.96. The van der Waals surface area contributed by atoms with Crippen LogP contribution in [0.2, 0.25) is 0 Å². The number of nitrogens with two attached hydrogens (primary N) is 2. The fourth-order valence-electron chi connectivity index (χ4n) is 0.665. The number of aliphatic carboxylic acids is 4. The van der Waals surface area contributed by atoms with Crippen LogP contribution in [0.25, 0.3) is 0 Å². The van der Waals surface area contributed by atoms with Gasteiger partial charge in [0.15, 0.2) is 0 Å². The molecule has 0 bridgehead atoms. The van der Waals surface area contributed by atoms with Crippen LogP contribution in [0.5, 0.6) is 0 Å². The second-order valence-electron chi connectivity index (χ2n) is 4.55. The minimum atomic E-state index is -0.833. The molecule has 0 spiro atoms. The first-order valence-electron chi connectivity index (χ1n) is 7.81. The van der Waals surface area contributed by atoms with Gasteiger partial charge in [-0.05, 0) is 0 Å². The number of hydrogen-bond donors (Lipinski definition) is 6. The first kappa shape index (κ1) is 41.1. The molecule has 0 aliphatic carbocycles. The number of carboxylic acids is 4. The Labute approximate surface area is 174 Å². The van der Waals surface area contributed by atoms with Crippen molar-refractivity contribution in [3.05, 3.63) is 0 Å². The van der Waals surface area contributed by atoms with E-state index >= 15 is 0 Å². The summed E-state index contributed by atoms with van der Waals surface area (Å²) in [6, 6.07) is 0. The fraction of sp³-hybridized carbons (Fsp3) is 0.562. The summed E-state index contributed by atoms with van der Waals surface area (Å²) >= 11 is 0. The standard InChI is InChI=1S/C6H9NO3.C2H8N2.4C2H4O2/c1-4(8)7(5(2)9)6(3)10;3-1-2-4;4*1-2(3)4/h1-3H3;1-4H2;4*1H3,(H,3,4). The van der Waals surface area contributed by atoms with E-state index in [0.29, 0.717) is 18.0 Å². The molecule has 30 heavy (non-hydrogen) atoms. The van der Waals surface area contributed by atoms with Gasteiger partial charge < -0.3 is 31.9 Å². The predicted octanol–water partition coefficient (Wildman–Crippen LogP) is -0.805. The molecule has 0 aromatic carbocycles. The van der Waals surface area contributed by atoms with Gasteiger partial charge in [-0.1, -0.05) is 0 Å². The SMILES string of the molecule is CC(=O)N(C(C)=O)C(C)=O.CC(=O)O.CC(=O)O.CC(=O)O.CC(=O)O.NCCN. The molecule has 0 fully saturated rings. The molecule has 0 aromatic heterocycles. The summed E-state index contributed by atoms with van der Waals surface area (Å²) < 4.78 is 0. The van der Waals surface area contributed by atoms with Gasteiger partial charge in [0.2, 0.25) is 17.7 Å². The highest BCUT2D eigenvalue weighted by Crippen LogP contribution is 1.90. The number of rotatable bonds is 1. The lowest BCUT2D eigenvalue weighted by Crippen LogP contribution is -2.37. The number of carbonyl (C=O) groups is 7. The number of hydrogen-bond acceptors (Lipinski definition) is 9. The summed E-state index contributed by atoms with van der Waals surface area (Å²) in [4.78, 5) is 68.1. The summed E-state index contributed by atoms with van der Waals surface area (Å²) in [7, 11) is 0. The predicted molar refractivity (Wildman–Crippen MR) is 105 cm³/mol. The van der Waals surface area contributed by atoms with E-state index in [9.17, 15) is 14.4 Å². The van der Waals surface area contributed by atoms with Crippen molar-refractivity contribution in [1.82, 2.24) is 4.90 Å². The molecule has 0 heterocycles. The summed E-state index contributed by atoms with van der Waals surface area (Å²) in [6.07, 6.45) is 0. The number of nitrogens with zero attached hydrogens (tertiary/aromatic N) is 1. The number of carbonyl (C=O) groups excluding carboxylic acids is 3. The van der Waals surface area contributed by atoms with Crippen molar-refractivity contribution in [2.75, 3.05) is 13.1 Å². The first-order valence-corrected chi connectivity index (χ1v) is 7.81. The number of amides is 3. The lowest BCUT2D eigenvalue weighted by Gasteiger charge is -2.10. The average molecular weight is 443 g/mol. The molecule has 0 radical (unpaired) electrons. The molecule has 0 rings (SSSR count). The average Bonchev–Trinajstić information content (AvgIpc) is 2.43. The summed E-state index contributed by atoms with van der Waals surface area (Å²) in [6.45, 7) is 9.04. The Hall–Kier alpha value is -3.39. The summed E-state index contributed by atoms with van der Waals surface area (Å²) in [5, 5.41) is 29.7. The quantitative estimate of drug-likeness (QED) is 0.290. The van der Waals surface area contributed by atoms with Gasteiger partial charge in [0.1, 0.15) is 0 Å². The van der Waals surface area contributed by atoms with Crippen molar-refractivity contribution in [2.45, 2.75) is 48.5 Å². The zero-order valence-electron chi connectivity index (χ0n) is 18.2. The smallest absolute Gasteiger partial charge is 0.300 e. The molecule has 8 N–H and O–H groups in total. The molecule has 3 amide bonds. The Balaban J connectivity index is -0.0000000616. The maximum atomic E-state index is 10.5. The molecular weight excluding hydrogens is 410 g/mol. The van der Waals surface area contributed by atoms with Crippen molar-refractivity contribution >= 4 is 41.6 Å². The van der Waals surface area contributed by atoms with Crippen LogP contribution in [-0.4, -0.2) is 80.0 Å². The topological polar surface area (TPSA) is 256 Å². The Morgan fingerprint density at radius 3 is 0.600 bits per heavy atom. The largest absolute Gasteiger partial charge is 0.481 e. The molecule has 178 valence electrons. The van der Waals surface area contributed by atoms with Crippen LogP contribution >= 0.6 is 0 Å². The second-order valence-corrected chi connectivity index (χ2v) is 4.55. The molecule has 0 unspecified atom stereocenters. The van der Waals surface area contributed by atoms with Gasteiger partial charge in [0.25, 0.3) is 23.9 Å². The van der Waals surface area contributed by atoms with Gasteiger partial charge in [-0.3, -0.25) is 33.6 Å². The second kappa shape index (κ2) is 30.3. The first-order chi connectivity index (χ1) is 13.3. The molecule has 0 aliphatic heterocycles. The third-order valence-corrected chi connectivity index (χ3v) is 1.11. The van der Waals surface area contributed by atoms with Crippen LogP contribution in [0.3, 0.4) is 0 Å². The monoisotopic (exact) mass is 443 g/mol. The minimum Gasteiger partial charge on any atom is -0.481 e. The van der Waals surface area contributed by atoms with Crippen LogP contribution in [0.4, 0.5) is 0 Å². The van der Waals surface area contributed by atoms with Gasteiger partial charge in [-0.15, -0.1) is 0 Å². The van der Waals surface area contributed by atoms with Crippen molar-refractivity contribution in [1.29, 1.82) is 0 Å². The van der Waals surface area contributed by atoms with Gasteiger partial charge in [0, 0.05) is 61.6 Å². The van der Waals surface area contributed by atoms with E-state index in [0.717, 1.165) is 27.7 Å². The van der Waals surface area contributed by atoms with Crippen molar-refractivity contribution in [2.24, 2.45) is 11.5 Å². The highest BCUT2D eigenvalue weighted by molar-refractivity contribution is 6.08. The molecule has 0 atom stereocenters. The maximum absolute atomic E-state index is 10.5. The molecule has 14 heteroatoms. The Morgan fingerprint density at radius 1 is 0.500 bits per heavy atom. The third-order valence-electron chi connectivity index (χ3n) is 1.11. The zero-order chi connectivity index (χ0) is 26.0. The minimum absolute atomic E-state index is 0.542. The van der Waals surface area contributed by atoms with Crippen molar-refractivity contribution in [3.63, 3.8) is 0 Å². The lowest BCUT2D eigenvalue weighted by molar-refractivity contribution is -0.151. The molecule has 0 saturated carbocycles. The van der Waals surface area contributed by atoms with Crippen LogP contribution in [-0.2, 0) is 33.6 Å². The normalized spacial score (nSPS) is 7.23. The van der Waals surface area contributed by atoms with E-state index in [1.54, 1.807) is 0 Å². The molecule has 0 aromatic rings. The Bertz CT molecular complexity index is 435. The number of carboxylic acid groups (broad SMARTS) is 4. The Kier molecular flexibility index (Phi) is 41.6. The van der Waals surface area contributed by atoms with E-state index in [4.69, 9.17) is 51.1 Å². The number of imide groups is 3. The van der Waals surface area contributed by atoms with Crippen molar-refractivity contribution < 1.29 is 54.0 Å². The zero-order valence-corrected chi connectivity index (χ0v) is 18.2. The molecule has 0 aliphatic rings. The lowest BCUT2D eigenvalue weighted by atomic mass is 10.4. The highest BCUT2D eigenvalue weighted by atomic mass is 16.4.